The summed E-state index contributed by atoms with van der Waals surface area (Å²) in [5.74, 6) is -1.76. The third-order valence-corrected chi connectivity index (χ3v) is 5.15. The van der Waals surface area contributed by atoms with Gasteiger partial charge in [-0.1, -0.05) is 63.6 Å². The SMILES string of the molecule is CCCCCCCCCC(=O)CC(=O)NC(Cc1c[nH]c2ccccc12)C(=O)O. The lowest BCUT2D eigenvalue weighted by Gasteiger charge is -2.14. The van der Waals surface area contributed by atoms with E-state index in [1.54, 1.807) is 6.20 Å². The van der Waals surface area contributed by atoms with Crippen LogP contribution in [-0.4, -0.2) is 33.8 Å². The number of fused-ring (bicyclic) bond motifs is 1. The molecule has 0 spiro atoms. The Kier molecular flexibility index (Phi) is 9.41. The second-order valence-corrected chi connectivity index (χ2v) is 7.61. The fourth-order valence-electron chi connectivity index (χ4n) is 3.51. The molecular formula is C23H32N2O4. The van der Waals surface area contributed by atoms with E-state index >= 15 is 0 Å². The van der Waals surface area contributed by atoms with E-state index in [0.717, 1.165) is 35.7 Å². The lowest BCUT2D eigenvalue weighted by molar-refractivity contribution is -0.142. The maximum atomic E-state index is 12.2. The van der Waals surface area contributed by atoms with Crippen LogP contribution in [0.4, 0.5) is 0 Å². The number of aromatic nitrogens is 1. The summed E-state index contributed by atoms with van der Waals surface area (Å²) in [4.78, 5) is 38.9. The predicted octanol–water partition coefficient (Wildman–Crippen LogP) is 4.38. The van der Waals surface area contributed by atoms with Crippen LogP contribution in [0.2, 0.25) is 0 Å². The van der Waals surface area contributed by atoms with E-state index in [-0.39, 0.29) is 18.6 Å². The highest BCUT2D eigenvalue weighted by molar-refractivity contribution is 5.99. The number of para-hydroxylation sites is 1. The summed E-state index contributed by atoms with van der Waals surface area (Å²) in [6.45, 7) is 2.18. The Morgan fingerprint density at radius 3 is 2.45 bits per heavy atom. The van der Waals surface area contributed by atoms with Crippen LogP contribution < -0.4 is 5.32 Å². The van der Waals surface area contributed by atoms with Gasteiger partial charge in [-0.15, -0.1) is 0 Å². The molecule has 0 saturated heterocycles. The van der Waals surface area contributed by atoms with Gasteiger partial charge in [-0.25, -0.2) is 4.79 Å². The monoisotopic (exact) mass is 400 g/mol. The number of hydrogen-bond acceptors (Lipinski definition) is 3. The number of rotatable bonds is 14. The molecular weight excluding hydrogens is 368 g/mol. The average Bonchev–Trinajstić information content (AvgIpc) is 3.09. The molecule has 2 rings (SSSR count). The van der Waals surface area contributed by atoms with Gasteiger partial charge >= 0.3 is 5.97 Å². The summed E-state index contributed by atoms with van der Waals surface area (Å²) in [6.07, 6.45) is 9.84. The van der Waals surface area contributed by atoms with Crippen molar-refractivity contribution in [2.75, 3.05) is 0 Å². The number of Topliss-reactive ketones (excluding diaryl/α,β-unsaturated/α-hetero) is 1. The molecule has 0 fully saturated rings. The molecule has 0 saturated carbocycles. The highest BCUT2D eigenvalue weighted by atomic mass is 16.4. The molecule has 1 unspecified atom stereocenters. The number of ketones is 1. The van der Waals surface area contributed by atoms with Crippen LogP contribution in [0.3, 0.4) is 0 Å². The molecule has 29 heavy (non-hydrogen) atoms. The maximum Gasteiger partial charge on any atom is 0.326 e. The number of carbonyl (C=O) groups excluding carboxylic acids is 2. The van der Waals surface area contributed by atoms with Gasteiger partial charge in [-0.05, 0) is 18.1 Å². The first-order valence-electron chi connectivity index (χ1n) is 10.6. The zero-order valence-corrected chi connectivity index (χ0v) is 17.2. The molecule has 2 aromatic rings. The van der Waals surface area contributed by atoms with Crippen LogP contribution >= 0.6 is 0 Å². The fourth-order valence-corrected chi connectivity index (χ4v) is 3.51. The van der Waals surface area contributed by atoms with E-state index < -0.39 is 17.9 Å². The molecule has 3 N–H and O–H groups in total. The summed E-state index contributed by atoms with van der Waals surface area (Å²) >= 11 is 0. The molecule has 1 amide bonds. The second kappa shape index (κ2) is 12.0. The number of carboxylic acid groups (broad SMARTS) is 1. The molecule has 1 aromatic heterocycles. The van der Waals surface area contributed by atoms with Crippen molar-refractivity contribution in [2.24, 2.45) is 0 Å². The molecule has 158 valence electrons. The Morgan fingerprint density at radius 2 is 1.72 bits per heavy atom. The molecule has 1 heterocycles. The van der Waals surface area contributed by atoms with Gasteiger partial charge in [0.2, 0.25) is 5.91 Å². The minimum atomic E-state index is -1.11. The van der Waals surface area contributed by atoms with Crippen LogP contribution in [0.25, 0.3) is 10.9 Å². The topological polar surface area (TPSA) is 99.3 Å². The molecule has 0 aliphatic carbocycles. The Bertz CT molecular complexity index is 812. The fraction of sp³-hybridized carbons (Fsp3) is 0.522. The highest BCUT2D eigenvalue weighted by Crippen LogP contribution is 2.19. The predicted molar refractivity (Wildman–Crippen MR) is 114 cm³/mol. The number of hydrogen-bond donors (Lipinski definition) is 3. The molecule has 0 radical (unpaired) electrons. The Labute approximate surface area is 172 Å². The largest absolute Gasteiger partial charge is 0.480 e. The van der Waals surface area contributed by atoms with Crippen molar-refractivity contribution in [3.8, 4) is 0 Å². The lowest BCUT2D eigenvalue weighted by atomic mass is 10.0. The number of carbonyl (C=O) groups is 3. The zero-order chi connectivity index (χ0) is 21.1. The number of carboxylic acids is 1. The smallest absolute Gasteiger partial charge is 0.326 e. The molecule has 6 nitrogen and oxygen atoms in total. The van der Waals surface area contributed by atoms with Gasteiger partial charge in [0.1, 0.15) is 11.8 Å². The minimum absolute atomic E-state index is 0.132. The van der Waals surface area contributed by atoms with Crippen molar-refractivity contribution in [1.29, 1.82) is 0 Å². The first kappa shape index (κ1) is 22.7. The summed E-state index contributed by atoms with van der Waals surface area (Å²) in [5.41, 5.74) is 1.74. The Balaban J connectivity index is 1.76. The quantitative estimate of drug-likeness (QED) is 0.324. The van der Waals surface area contributed by atoms with Gasteiger partial charge in [0.05, 0.1) is 6.42 Å². The van der Waals surface area contributed by atoms with Crippen molar-refractivity contribution in [3.05, 3.63) is 36.0 Å². The second-order valence-electron chi connectivity index (χ2n) is 7.61. The van der Waals surface area contributed by atoms with Crippen LogP contribution in [-0.2, 0) is 20.8 Å². The molecule has 1 aromatic carbocycles. The van der Waals surface area contributed by atoms with Crippen molar-refractivity contribution in [1.82, 2.24) is 10.3 Å². The molecule has 1 atom stereocenters. The summed E-state index contributed by atoms with van der Waals surface area (Å²) < 4.78 is 0. The summed E-state index contributed by atoms with van der Waals surface area (Å²) in [7, 11) is 0. The Morgan fingerprint density at radius 1 is 1.03 bits per heavy atom. The summed E-state index contributed by atoms with van der Waals surface area (Å²) in [6, 6.07) is 6.54. The van der Waals surface area contributed by atoms with Gasteiger partial charge < -0.3 is 15.4 Å². The average molecular weight is 401 g/mol. The first-order chi connectivity index (χ1) is 14.0. The van der Waals surface area contributed by atoms with Crippen LogP contribution in [0.1, 0.15) is 70.3 Å². The van der Waals surface area contributed by atoms with Gasteiger partial charge in [0.15, 0.2) is 0 Å². The third kappa shape index (κ3) is 7.72. The van der Waals surface area contributed by atoms with Gasteiger partial charge in [-0.3, -0.25) is 9.59 Å². The maximum absolute atomic E-state index is 12.2. The van der Waals surface area contributed by atoms with Gasteiger partial charge in [0, 0.05) is 29.9 Å². The number of aromatic amines is 1. The van der Waals surface area contributed by atoms with E-state index in [9.17, 15) is 19.5 Å². The number of benzene rings is 1. The van der Waals surface area contributed by atoms with E-state index in [1.807, 2.05) is 24.3 Å². The minimum Gasteiger partial charge on any atom is -0.480 e. The van der Waals surface area contributed by atoms with Crippen molar-refractivity contribution in [3.63, 3.8) is 0 Å². The number of unbranched alkanes of at least 4 members (excludes halogenated alkanes) is 6. The Hall–Kier alpha value is -2.63. The third-order valence-electron chi connectivity index (χ3n) is 5.15. The van der Waals surface area contributed by atoms with E-state index in [0.29, 0.717) is 6.42 Å². The normalized spacial score (nSPS) is 12.0. The molecule has 0 aliphatic heterocycles. The van der Waals surface area contributed by atoms with Gasteiger partial charge in [0.25, 0.3) is 0 Å². The molecule has 0 aliphatic rings. The van der Waals surface area contributed by atoms with Crippen LogP contribution in [0.15, 0.2) is 30.5 Å². The van der Waals surface area contributed by atoms with Crippen molar-refractivity contribution in [2.45, 2.75) is 77.2 Å². The van der Waals surface area contributed by atoms with Gasteiger partial charge in [-0.2, -0.15) is 0 Å². The zero-order valence-electron chi connectivity index (χ0n) is 17.2. The standard InChI is InChI=1S/C23H32N2O4/c1-2-3-4-5-6-7-8-11-18(26)15-22(27)25-21(23(28)29)14-17-16-24-20-13-10-9-12-19(17)20/h9-10,12-13,16,21,24H,2-8,11,14-15H2,1H3,(H,25,27)(H,28,29). The van der Waals surface area contributed by atoms with E-state index in [1.165, 1.54) is 25.7 Å². The number of aliphatic carboxylic acids is 1. The van der Waals surface area contributed by atoms with E-state index in [2.05, 4.69) is 17.2 Å². The lowest BCUT2D eigenvalue weighted by Crippen LogP contribution is -2.42. The number of amides is 1. The van der Waals surface area contributed by atoms with Crippen molar-refractivity contribution < 1.29 is 19.5 Å². The van der Waals surface area contributed by atoms with E-state index in [4.69, 9.17) is 0 Å². The summed E-state index contributed by atoms with van der Waals surface area (Å²) in [5, 5.41) is 12.9. The molecule has 0 bridgehead atoms. The highest BCUT2D eigenvalue weighted by Gasteiger charge is 2.22. The molecule has 6 heteroatoms. The van der Waals surface area contributed by atoms with Crippen LogP contribution in [0.5, 0.6) is 0 Å². The first-order valence-corrected chi connectivity index (χ1v) is 10.6. The van der Waals surface area contributed by atoms with Crippen LogP contribution in [0, 0.1) is 0 Å². The number of nitrogens with one attached hydrogen (secondary N) is 2. The van der Waals surface area contributed by atoms with Crippen molar-refractivity contribution >= 4 is 28.6 Å². The number of H-pyrrole nitrogens is 1.